The van der Waals surface area contributed by atoms with Gasteiger partial charge in [-0.2, -0.15) is 0 Å². The summed E-state index contributed by atoms with van der Waals surface area (Å²) in [5.41, 5.74) is 4.50. The first-order valence-corrected chi connectivity index (χ1v) is 10.9. The van der Waals surface area contributed by atoms with Gasteiger partial charge in [0.15, 0.2) is 11.5 Å². The molecule has 0 spiro atoms. The number of hydrogen-bond acceptors (Lipinski definition) is 4. The average molecular weight is 440 g/mol. The van der Waals surface area contributed by atoms with Gasteiger partial charge in [0.25, 0.3) is 0 Å². The van der Waals surface area contributed by atoms with Crippen LogP contribution in [0.1, 0.15) is 29.2 Å². The van der Waals surface area contributed by atoms with Crippen molar-refractivity contribution in [1.29, 1.82) is 0 Å². The summed E-state index contributed by atoms with van der Waals surface area (Å²) in [6.07, 6.45) is 0.873. The summed E-state index contributed by atoms with van der Waals surface area (Å²) in [5, 5.41) is 4.12. The Bertz CT molecular complexity index is 990. The molecule has 0 radical (unpaired) electrons. The van der Waals surface area contributed by atoms with Gasteiger partial charge in [-0.15, -0.1) is 0 Å². The van der Waals surface area contributed by atoms with Crippen LogP contribution >= 0.6 is 11.6 Å². The standard InChI is InChI=1S/C26H30ClNO3/c1-4-30-25-15-22(17-28-14-13-20-10-7-8-12-24(20)29-3)23(27)16-26(25)31-18-21-11-6-5-9-19(21)2/h5-12,15-16,28H,4,13-14,17-18H2,1-3H3. The Morgan fingerprint density at radius 2 is 1.55 bits per heavy atom. The van der Waals surface area contributed by atoms with Crippen LogP contribution in [0.25, 0.3) is 0 Å². The van der Waals surface area contributed by atoms with Crippen molar-refractivity contribution in [1.82, 2.24) is 5.32 Å². The van der Waals surface area contributed by atoms with Gasteiger partial charge < -0.3 is 19.5 Å². The van der Waals surface area contributed by atoms with Crippen LogP contribution in [0.2, 0.25) is 5.02 Å². The largest absolute Gasteiger partial charge is 0.496 e. The van der Waals surface area contributed by atoms with Crippen LogP contribution in [-0.2, 0) is 19.6 Å². The molecule has 0 unspecified atom stereocenters. The normalized spacial score (nSPS) is 10.7. The highest BCUT2D eigenvalue weighted by atomic mass is 35.5. The van der Waals surface area contributed by atoms with Crippen molar-refractivity contribution < 1.29 is 14.2 Å². The number of rotatable bonds is 11. The predicted molar refractivity (Wildman–Crippen MR) is 127 cm³/mol. The van der Waals surface area contributed by atoms with Crippen LogP contribution in [0.4, 0.5) is 0 Å². The first-order chi connectivity index (χ1) is 15.1. The quantitative estimate of drug-likeness (QED) is 0.374. The Labute approximate surface area is 190 Å². The van der Waals surface area contributed by atoms with Crippen molar-refractivity contribution >= 4 is 11.6 Å². The van der Waals surface area contributed by atoms with Crippen LogP contribution in [0.5, 0.6) is 17.2 Å². The van der Waals surface area contributed by atoms with Crippen molar-refractivity contribution in [2.75, 3.05) is 20.3 Å². The molecule has 0 aliphatic heterocycles. The van der Waals surface area contributed by atoms with E-state index in [4.69, 9.17) is 25.8 Å². The van der Waals surface area contributed by atoms with Gasteiger partial charge in [0.1, 0.15) is 12.4 Å². The maximum atomic E-state index is 6.56. The highest BCUT2D eigenvalue weighted by Crippen LogP contribution is 2.34. The van der Waals surface area contributed by atoms with Crippen LogP contribution in [-0.4, -0.2) is 20.3 Å². The second-order valence-electron chi connectivity index (χ2n) is 7.28. The monoisotopic (exact) mass is 439 g/mol. The highest BCUT2D eigenvalue weighted by Gasteiger charge is 2.12. The number of ether oxygens (including phenoxy) is 3. The van der Waals surface area contributed by atoms with E-state index in [-0.39, 0.29) is 0 Å². The minimum atomic E-state index is 0.472. The summed E-state index contributed by atoms with van der Waals surface area (Å²) in [6, 6.07) is 20.1. The fraction of sp³-hybridized carbons (Fsp3) is 0.308. The molecule has 1 N–H and O–H groups in total. The molecule has 0 saturated carbocycles. The van der Waals surface area contributed by atoms with Crippen LogP contribution in [0, 0.1) is 6.92 Å². The van der Waals surface area contributed by atoms with E-state index in [1.807, 2.05) is 49.4 Å². The summed E-state index contributed by atoms with van der Waals surface area (Å²) in [4.78, 5) is 0. The summed E-state index contributed by atoms with van der Waals surface area (Å²) in [6.45, 7) is 6.53. The topological polar surface area (TPSA) is 39.7 Å². The predicted octanol–water partition coefficient (Wildman–Crippen LogP) is 5.97. The molecule has 0 fully saturated rings. The Balaban J connectivity index is 1.63. The zero-order chi connectivity index (χ0) is 22.1. The molecule has 3 rings (SSSR count). The first-order valence-electron chi connectivity index (χ1n) is 10.6. The number of hydrogen-bond donors (Lipinski definition) is 1. The van der Waals surface area contributed by atoms with E-state index in [1.165, 1.54) is 11.1 Å². The highest BCUT2D eigenvalue weighted by molar-refractivity contribution is 6.31. The van der Waals surface area contributed by atoms with E-state index in [2.05, 4.69) is 30.4 Å². The minimum absolute atomic E-state index is 0.472. The molecular weight excluding hydrogens is 410 g/mol. The number of nitrogens with one attached hydrogen (secondary N) is 1. The van der Waals surface area contributed by atoms with Crippen molar-refractivity contribution in [3.05, 3.63) is 87.9 Å². The van der Waals surface area contributed by atoms with E-state index in [9.17, 15) is 0 Å². The van der Waals surface area contributed by atoms with E-state index in [1.54, 1.807) is 7.11 Å². The van der Waals surface area contributed by atoms with Gasteiger partial charge in [0.05, 0.1) is 13.7 Å². The van der Waals surface area contributed by atoms with Gasteiger partial charge >= 0.3 is 0 Å². The molecule has 3 aromatic carbocycles. The SMILES string of the molecule is CCOc1cc(CNCCc2ccccc2OC)c(Cl)cc1OCc1ccccc1C. The zero-order valence-electron chi connectivity index (χ0n) is 18.4. The Kier molecular flexibility index (Phi) is 8.63. The molecule has 0 saturated heterocycles. The molecule has 0 heterocycles. The average Bonchev–Trinajstić information content (AvgIpc) is 2.78. The van der Waals surface area contributed by atoms with E-state index in [0.717, 1.165) is 29.8 Å². The van der Waals surface area contributed by atoms with Gasteiger partial charge in [-0.25, -0.2) is 0 Å². The van der Waals surface area contributed by atoms with Crippen molar-refractivity contribution in [3.63, 3.8) is 0 Å². The first kappa shape index (κ1) is 23.0. The third-order valence-electron chi connectivity index (χ3n) is 5.14. The second kappa shape index (κ2) is 11.6. The van der Waals surface area contributed by atoms with Gasteiger partial charge in [0.2, 0.25) is 0 Å². The second-order valence-corrected chi connectivity index (χ2v) is 7.68. The Hall–Kier alpha value is -2.69. The number of methoxy groups -OCH3 is 1. The molecular formula is C26H30ClNO3. The Morgan fingerprint density at radius 3 is 2.29 bits per heavy atom. The van der Waals surface area contributed by atoms with Gasteiger partial charge in [-0.05, 0) is 61.2 Å². The lowest BCUT2D eigenvalue weighted by atomic mass is 10.1. The third-order valence-corrected chi connectivity index (χ3v) is 5.49. The number of benzene rings is 3. The Morgan fingerprint density at radius 1 is 0.839 bits per heavy atom. The van der Waals surface area contributed by atoms with Gasteiger partial charge in [-0.3, -0.25) is 0 Å². The minimum Gasteiger partial charge on any atom is -0.496 e. The number of halogens is 1. The van der Waals surface area contributed by atoms with Crippen LogP contribution in [0.3, 0.4) is 0 Å². The fourth-order valence-electron chi connectivity index (χ4n) is 3.38. The van der Waals surface area contributed by atoms with E-state index in [0.29, 0.717) is 36.3 Å². The van der Waals surface area contributed by atoms with E-state index >= 15 is 0 Å². The molecule has 0 aliphatic carbocycles. The lowest BCUT2D eigenvalue weighted by Gasteiger charge is -2.16. The van der Waals surface area contributed by atoms with Gasteiger partial charge in [-0.1, -0.05) is 54.1 Å². The summed E-state index contributed by atoms with van der Waals surface area (Å²) >= 11 is 6.56. The lowest BCUT2D eigenvalue weighted by Crippen LogP contribution is -2.17. The maximum absolute atomic E-state index is 6.56. The van der Waals surface area contributed by atoms with Crippen molar-refractivity contribution in [3.8, 4) is 17.2 Å². The van der Waals surface area contributed by atoms with Gasteiger partial charge in [0, 0.05) is 17.6 Å². The molecule has 0 aliphatic rings. The maximum Gasteiger partial charge on any atom is 0.163 e. The van der Waals surface area contributed by atoms with Crippen LogP contribution < -0.4 is 19.5 Å². The molecule has 3 aromatic rings. The zero-order valence-corrected chi connectivity index (χ0v) is 19.2. The molecule has 164 valence electrons. The molecule has 0 bridgehead atoms. The molecule has 4 nitrogen and oxygen atoms in total. The molecule has 0 aromatic heterocycles. The molecule has 5 heteroatoms. The molecule has 31 heavy (non-hydrogen) atoms. The third kappa shape index (κ3) is 6.39. The summed E-state index contributed by atoms with van der Waals surface area (Å²) in [7, 11) is 1.70. The number of aryl methyl sites for hydroxylation is 1. The van der Waals surface area contributed by atoms with Crippen molar-refractivity contribution in [2.24, 2.45) is 0 Å². The fourth-order valence-corrected chi connectivity index (χ4v) is 3.60. The molecule has 0 amide bonds. The number of para-hydroxylation sites is 1. The summed E-state index contributed by atoms with van der Waals surface area (Å²) in [5.74, 6) is 2.28. The van der Waals surface area contributed by atoms with E-state index < -0.39 is 0 Å². The van der Waals surface area contributed by atoms with Crippen LogP contribution in [0.15, 0.2) is 60.7 Å². The molecule has 0 atom stereocenters. The summed E-state index contributed by atoms with van der Waals surface area (Å²) < 4.78 is 17.3. The lowest BCUT2D eigenvalue weighted by molar-refractivity contribution is 0.268. The van der Waals surface area contributed by atoms with Crippen molar-refractivity contribution in [2.45, 2.75) is 33.4 Å². The smallest absolute Gasteiger partial charge is 0.163 e.